The van der Waals surface area contributed by atoms with Gasteiger partial charge in [-0.25, -0.2) is 9.97 Å². The summed E-state index contributed by atoms with van der Waals surface area (Å²) in [5, 5.41) is 6.93. The fraction of sp³-hybridized carbons (Fsp3) is 0.556. The molecule has 1 atom stereocenters. The summed E-state index contributed by atoms with van der Waals surface area (Å²) in [6.07, 6.45) is 4.38. The van der Waals surface area contributed by atoms with Crippen molar-refractivity contribution in [2.45, 2.75) is 25.9 Å². The largest absolute Gasteiger partial charge is 0.354 e. The number of rotatable bonds is 2. The lowest BCUT2D eigenvalue weighted by Crippen LogP contribution is -2.30. The summed E-state index contributed by atoms with van der Waals surface area (Å²) in [6, 6.07) is 0. The molecule has 1 aliphatic heterocycles. The number of anilines is 1. The topological polar surface area (TPSA) is 49.8 Å². The normalized spacial score (nSPS) is 19.7. The molecule has 1 aromatic heterocycles. The molecule has 0 bridgehead atoms. The van der Waals surface area contributed by atoms with Gasteiger partial charge in [0.1, 0.15) is 5.82 Å². The summed E-state index contributed by atoms with van der Waals surface area (Å²) in [7, 11) is 0. The van der Waals surface area contributed by atoms with Crippen LogP contribution < -0.4 is 10.6 Å². The lowest BCUT2D eigenvalue weighted by atomic mass is 10.3. The van der Waals surface area contributed by atoms with E-state index in [9.17, 15) is 0 Å². The zero-order valence-corrected chi connectivity index (χ0v) is 10.0. The summed E-state index contributed by atoms with van der Waals surface area (Å²) in [5.74, 6) is 0.824. The average Bonchev–Trinajstić information content (AvgIpc) is 2.64. The van der Waals surface area contributed by atoms with Crippen molar-refractivity contribution in [1.82, 2.24) is 15.3 Å². The van der Waals surface area contributed by atoms with Crippen LogP contribution in [0, 0.1) is 6.92 Å². The molecule has 1 unspecified atom stereocenters. The molecule has 84 valence electrons. The van der Waals surface area contributed by atoms with Gasteiger partial charge in [0.15, 0.2) is 0 Å². The first-order valence-corrected chi connectivity index (χ1v) is 5.12. The van der Waals surface area contributed by atoms with E-state index in [-0.39, 0.29) is 17.7 Å². The minimum absolute atomic E-state index is 0. The van der Waals surface area contributed by atoms with E-state index in [0.717, 1.165) is 24.3 Å². The van der Waals surface area contributed by atoms with Gasteiger partial charge in [0.25, 0.3) is 0 Å². The van der Waals surface area contributed by atoms with E-state index in [2.05, 4.69) is 20.6 Å². The van der Waals surface area contributed by atoms with Crippen molar-refractivity contribution in [2.24, 2.45) is 0 Å². The maximum Gasteiger partial charge on any atom is 0.224 e. The van der Waals surface area contributed by atoms with Crippen LogP contribution in [0.5, 0.6) is 0 Å². The van der Waals surface area contributed by atoms with Crippen LogP contribution in [0.15, 0.2) is 6.20 Å². The van der Waals surface area contributed by atoms with Gasteiger partial charge >= 0.3 is 0 Å². The van der Waals surface area contributed by atoms with Crippen molar-refractivity contribution in [3.63, 3.8) is 0 Å². The standard InChI is InChI=1S/C9H13ClN4.ClH/c1-6-5-12-9(10)14-8(6)13-7-3-2-4-11-7;/h5,7,11H,2-4H2,1H3,(H,12,13,14);1H. The summed E-state index contributed by atoms with van der Waals surface area (Å²) >= 11 is 5.72. The van der Waals surface area contributed by atoms with Crippen LogP contribution in [-0.4, -0.2) is 22.7 Å². The first kappa shape index (κ1) is 12.5. The van der Waals surface area contributed by atoms with Crippen LogP contribution in [0.4, 0.5) is 5.82 Å². The summed E-state index contributed by atoms with van der Waals surface area (Å²) < 4.78 is 0. The molecule has 0 radical (unpaired) electrons. The monoisotopic (exact) mass is 248 g/mol. The minimum atomic E-state index is 0. The smallest absolute Gasteiger partial charge is 0.224 e. The van der Waals surface area contributed by atoms with Crippen molar-refractivity contribution in [2.75, 3.05) is 11.9 Å². The van der Waals surface area contributed by atoms with Gasteiger partial charge in [-0.3, -0.25) is 5.32 Å². The van der Waals surface area contributed by atoms with E-state index in [1.165, 1.54) is 6.42 Å². The second kappa shape index (κ2) is 5.49. The SMILES string of the molecule is Cc1cnc(Cl)nc1NC1CCCN1.Cl. The van der Waals surface area contributed by atoms with E-state index >= 15 is 0 Å². The molecule has 6 heteroatoms. The molecule has 4 nitrogen and oxygen atoms in total. The summed E-state index contributed by atoms with van der Waals surface area (Å²) in [5.41, 5.74) is 1.02. The Bertz CT molecular complexity index is 326. The van der Waals surface area contributed by atoms with Crippen LogP contribution >= 0.6 is 24.0 Å². The molecule has 1 saturated heterocycles. The highest BCUT2D eigenvalue weighted by Gasteiger charge is 2.14. The van der Waals surface area contributed by atoms with Gasteiger partial charge in [-0.05, 0) is 37.9 Å². The van der Waals surface area contributed by atoms with Crippen molar-refractivity contribution in [1.29, 1.82) is 0 Å². The van der Waals surface area contributed by atoms with Crippen LogP contribution in [0.1, 0.15) is 18.4 Å². The van der Waals surface area contributed by atoms with E-state index in [1.807, 2.05) is 6.92 Å². The highest BCUT2D eigenvalue weighted by atomic mass is 35.5. The van der Waals surface area contributed by atoms with Gasteiger partial charge in [-0.15, -0.1) is 12.4 Å². The molecule has 2 N–H and O–H groups in total. The quantitative estimate of drug-likeness (QED) is 0.787. The minimum Gasteiger partial charge on any atom is -0.354 e. The fourth-order valence-electron chi connectivity index (χ4n) is 1.54. The molecule has 1 fully saturated rings. The molecule has 0 saturated carbocycles. The molecule has 1 aromatic rings. The Labute approximate surface area is 100 Å². The van der Waals surface area contributed by atoms with Crippen molar-refractivity contribution in [3.05, 3.63) is 17.0 Å². The Morgan fingerprint density at radius 1 is 1.60 bits per heavy atom. The molecule has 2 rings (SSSR count). The Balaban J connectivity index is 0.00000112. The van der Waals surface area contributed by atoms with Crippen LogP contribution in [0.25, 0.3) is 0 Å². The summed E-state index contributed by atoms with van der Waals surface area (Å²) in [4.78, 5) is 8.05. The first-order chi connectivity index (χ1) is 6.75. The third-order valence-electron chi connectivity index (χ3n) is 2.31. The van der Waals surface area contributed by atoms with Gasteiger partial charge < -0.3 is 5.32 Å². The van der Waals surface area contributed by atoms with Crippen LogP contribution in [-0.2, 0) is 0 Å². The van der Waals surface area contributed by atoms with Gasteiger partial charge in [-0.2, -0.15) is 0 Å². The van der Waals surface area contributed by atoms with Crippen molar-refractivity contribution in [3.8, 4) is 0 Å². The third-order valence-corrected chi connectivity index (χ3v) is 2.50. The number of hydrogen-bond donors (Lipinski definition) is 2. The molecule has 15 heavy (non-hydrogen) atoms. The molecule has 0 spiro atoms. The first-order valence-electron chi connectivity index (χ1n) is 4.75. The molecular weight excluding hydrogens is 235 g/mol. The van der Waals surface area contributed by atoms with Gasteiger partial charge in [0.05, 0.1) is 6.17 Å². The van der Waals surface area contributed by atoms with Gasteiger partial charge in [0, 0.05) is 11.8 Å². The Morgan fingerprint density at radius 3 is 3.07 bits per heavy atom. The van der Waals surface area contributed by atoms with E-state index in [0.29, 0.717) is 6.17 Å². The molecule has 1 aliphatic rings. The van der Waals surface area contributed by atoms with E-state index in [4.69, 9.17) is 11.6 Å². The summed E-state index contributed by atoms with van der Waals surface area (Å²) in [6.45, 7) is 3.03. The number of aryl methyl sites for hydroxylation is 1. The maximum atomic E-state index is 5.72. The Kier molecular flexibility index (Phi) is 4.57. The average molecular weight is 249 g/mol. The predicted octanol–water partition coefficient (Wildman–Crippen LogP) is 1.98. The molecule has 2 heterocycles. The molecular formula is C9H14Cl2N4. The number of nitrogens with zero attached hydrogens (tertiary/aromatic N) is 2. The fourth-order valence-corrected chi connectivity index (χ4v) is 1.67. The zero-order chi connectivity index (χ0) is 9.97. The Morgan fingerprint density at radius 2 is 2.40 bits per heavy atom. The molecule has 0 amide bonds. The van der Waals surface area contributed by atoms with E-state index < -0.39 is 0 Å². The highest BCUT2D eigenvalue weighted by molar-refractivity contribution is 6.28. The maximum absolute atomic E-state index is 5.72. The van der Waals surface area contributed by atoms with Crippen LogP contribution in [0.2, 0.25) is 5.28 Å². The number of hydrogen-bond acceptors (Lipinski definition) is 4. The van der Waals surface area contributed by atoms with Gasteiger partial charge in [-0.1, -0.05) is 0 Å². The number of nitrogens with one attached hydrogen (secondary N) is 2. The lowest BCUT2D eigenvalue weighted by Gasteiger charge is -2.14. The van der Waals surface area contributed by atoms with Crippen molar-refractivity contribution >= 4 is 29.8 Å². The third kappa shape index (κ3) is 3.19. The zero-order valence-electron chi connectivity index (χ0n) is 8.46. The second-order valence-corrected chi connectivity index (χ2v) is 3.80. The number of halogens is 2. The van der Waals surface area contributed by atoms with Crippen LogP contribution in [0.3, 0.4) is 0 Å². The predicted molar refractivity (Wildman–Crippen MR) is 63.7 cm³/mol. The van der Waals surface area contributed by atoms with Gasteiger partial charge in [0.2, 0.25) is 5.28 Å². The molecule has 0 aromatic carbocycles. The van der Waals surface area contributed by atoms with E-state index in [1.54, 1.807) is 6.20 Å². The van der Waals surface area contributed by atoms with Crippen molar-refractivity contribution < 1.29 is 0 Å². The molecule has 0 aliphatic carbocycles. The lowest BCUT2D eigenvalue weighted by molar-refractivity contribution is 0.674. The highest BCUT2D eigenvalue weighted by Crippen LogP contribution is 2.15. The number of aromatic nitrogens is 2. The second-order valence-electron chi connectivity index (χ2n) is 3.46. The Hall–Kier alpha value is -0.580.